The van der Waals surface area contributed by atoms with Gasteiger partial charge in [-0.1, -0.05) is 29.3 Å². The molecule has 0 atom stereocenters. The van der Waals surface area contributed by atoms with Crippen molar-refractivity contribution in [3.8, 4) is 0 Å². The van der Waals surface area contributed by atoms with Crippen molar-refractivity contribution in [2.45, 2.75) is 6.42 Å². The van der Waals surface area contributed by atoms with Crippen molar-refractivity contribution >= 4 is 40.3 Å². The van der Waals surface area contributed by atoms with Crippen molar-refractivity contribution < 1.29 is 4.39 Å². The first-order valence-electron chi connectivity index (χ1n) is 8.30. The number of likely N-dealkylation sites (N-methyl/N-ethyl adjacent to an activating group) is 1. The number of rotatable bonds is 2. The molecular weight excluding hydrogens is 360 g/mol. The van der Waals surface area contributed by atoms with E-state index >= 15 is 0 Å². The van der Waals surface area contributed by atoms with Crippen LogP contribution in [0.2, 0.25) is 10.0 Å². The summed E-state index contributed by atoms with van der Waals surface area (Å²) >= 11 is 12.1. The number of nitrogens with zero attached hydrogens (tertiary/aromatic N) is 3. The molecule has 2 heterocycles. The summed E-state index contributed by atoms with van der Waals surface area (Å²) in [5.41, 5.74) is 4.15. The molecule has 0 saturated carbocycles. The van der Waals surface area contributed by atoms with E-state index in [2.05, 4.69) is 21.8 Å². The molecule has 0 bridgehead atoms. The molecule has 0 aromatic heterocycles. The van der Waals surface area contributed by atoms with Crippen LogP contribution in [0.15, 0.2) is 35.3 Å². The number of fused-ring (bicyclic) bond motifs is 1. The highest BCUT2D eigenvalue weighted by atomic mass is 35.5. The van der Waals surface area contributed by atoms with Gasteiger partial charge in [-0.25, -0.2) is 4.39 Å². The van der Waals surface area contributed by atoms with Gasteiger partial charge in [-0.2, -0.15) is 0 Å². The maximum absolute atomic E-state index is 14.7. The van der Waals surface area contributed by atoms with Gasteiger partial charge in [0.2, 0.25) is 0 Å². The molecule has 0 radical (unpaired) electrons. The van der Waals surface area contributed by atoms with E-state index < -0.39 is 0 Å². The lowest BCUT2D eigenvalue weighted by Crippen LogP contribution is -2.44. The van der Waals surface area contributed by atoms with Crippen LogP contribution in [-0.2, 0) is 6.42 Å². The van der Waals surface area contributed by atoms with Gasteiger partial charge in [0, 0.05) is 32.6 Å². The number of aliphatic imine (C=N–C) groups is 1. The minimum atomic E-state index is -0.197. The Morgan fingerprint density at radius 2 is 1.72 bits per heavy atom. The van der Waals surface area contributed by atoms with Gasteiger partial charge >= 0.3 is 0 Å². The van der Waals surface area contributed by atoms with E-state index in [1.54, 1.807) is 12.1 Å². The molecule has 0 aliphatic carbocycles. The molecule has 2 aromatic carbocycles. The van der Waals surface area contributed by atoms with Crippen molar-refractivity contribution in [1.29, 1.82) is 0 Å². The minimum absolute atomic E-state index is 0.197. The Hall–Kier alpha value is -1.62. The van der Waals surface area contributed by atoms with Gasteiger partial charge < -0.3 is 9.80 Å². The third-order valence-corrected chi connectivity index (χ3v) is 5.58. The molecule has 4 rings (SSSR count). The van der Waals surface area contributed by atoms with Crippen LogP contribution < -0.4 is 4.90 Å². The van der Waals surface area contributed by atoms with Gasteiger partial charge in [-0.3, -0.25) is 4.99 Å². The number of halogens is 3. The fraction of sp³-hybridized carbons (Fsp3) is 0.316. The standard InChI is InChI=1S/C19H18Cl2FN3/c1-24-4-6-25(7-5-24)19-3-2-12(9-16(19)22)17-10-13-8-14(20)15(21)11-18(13)23-17/h2-3,8-9,11H,4-7,10H2,1H3. The first-order chi connectivity index (χ1) is 12.0. The fourth-order valence-corrected chi connectivity index (χ4v) is 3.69. The normalized spacial score (nSPS) is 17.6. The van der Waals surface area contributed by atoms with Crippen LogP contribution in [0.1, 0.15) is 11.1 Å². The lowest BCUT2D eigenvalue weighted by molar-refractivity contribution is 0.311. The van der Waals surface area contributed by atoms with Crippen LogP contribution in [-0.4, -0.2) is 43.8 Å². The quantitative estimate of drug-likeness (QED) is 0.763. The highest BCUT2D eigenvalue weighted by molar-refractivity contribution is 6.42. The van der Waals surface area contributed by atoms with Crippen molar-refractivity contribution in [3.05, 3.63) is 57.3 Å². The Morgan fingerprint density at radius 3 is 2.44 bits per heavy atom. The van der Waals surface area contributed by atoms with Crippen molar-refractivity contribution in [2.24, 2.45) is 4.99 Å². The van der Waals surface area contributed by atoms with Crippen LogP contribution >= 0.6 is 23.2 Å². The summed E-state index contributed by atoms with van der Waals surface area (Å²) in [7, 11) is 2.09. The Labute approximate surface area is 156 Å². The molecular formula is C19H18Cl2FN3. The zero-order valence-corrected chi connectivity index (χ0v) is 15.4. The summed E-state index contributed by atoms with van der Waals surface area (Å²) in [6.45, 7) is 3.59. The van der Waals surface area contributed by atoms with Crippen LogP contribution in [0.25, 0.3) is 0 Å². The van der Waals surface area contributed by atoms with Crippen LogP contribution in [0.3, 0.4) is 0 Å². The Balaban J connectivity index is 1.58. The second-order valence-corrected chi connectivity index (χ2v) is 7.40. The molecule has 3 nitrogen and oxygen atoms in total. The van der Waals surface area contributed by atoms with E-state index in [1.807, 2.05) is 18.2 Å². The second-order valence-electron chi connectivity index (χ2n) is 6.59. The monoisotopic (exact) mass is 377 g/mol. The van der Waals surface area contributed by atoms with E-state index in [0.717, 1.165) is 48.7 Å². The van der Waals surface area contributed by atoms with Gasteiger partial charge in [0.15, 0.2) is 0 Å². The summed E-state index contributed by atoms with van der Waals surface area (Å²) in [5.74, 6) is -0.197. The van der Waals surface area contributed by atoms with E-state index in [4.69, 9.17) is 23.2 Å². The summed E-state index contributed by atoms with van der Waals surface area (Å²) in [6.07, 6.45) is 0.638. The molecule has 130 valence electrons. The lowest BCUT2D eigenvalue weighted by Gasteiger charge is -2.34. The van der Waals surface area contributed by atoms with E-state index in [0.29, 0.717) is 22.2 Å². The summed E-state index contributed by atoms with van der Waals surface area (Å²) in [4.78, 5) is 8.96. The Bertz CT molecular complexity index is 858. The Kier molecular flexibility index (Phi) is 4.44. The molecule has 6 heteroatoms. The SMILES string of the molecule is CN1CCN(c2ccc(C3=Nc4cc(Cl)c(Cl)cc4C3)cc2F)CC1. The maximum atomic E-state index is 14.7. The third kappa shape index (κ3) is 3.26. The smallest absolute Gasteiger partial charge is 0.147 e. The van der Waals surface area contributed by atoms with Crippen molar-refractivity contribution in [3.63, 3.8) is 0 Å². The van der Waals surface area contributed by atoms with Gasteiger partial charge in [-0.15, -0.1) is 0 Å². The van der Waals surface area contributed by atoms with E-state index in [9.17, 15) is 4.39 Å². The number of hydrogen-bond donors (Lipinski definition) is 0. The average Bonchev–Trinajstić information content (AvgIpc) is 2.99. The van der Waals surface area contributed by atoms with Crippen molar-refractivity contribution in [2.75, 3.05) is 38.1 Å². The van der Waals surface area contributed by atoms with Gasteiger partial charge in [0.25, 0.3) is 0 Å². The average molecular weight is 378 g/mol. The first kappa shape index (κ1) is 16.8. The fourth-order valence-electron chi connectivity index (χ4n) is 3.35. The molecule has 25 heavy (non-hydrogen) atoms. The molecule has 1 fully saturated rings. The first-order valence-corrected chi connectivity index (χ1v) is 9.06. The van der Waals surface area contributed by atoms with Crippen LogP contribution in [0.5, 0.6) is 0 Å². The van der Waals surface area contributed by atoms with E-state index in [1.165, 1.54) is 0 Å². The lowest BCUT2D eigenvalue weighted by atomic mass is 10.0. The van der Waals surface area contributed by atoms with Gasteiger partial charge in [-0.05, 0) is 42.4 Å². The zero-order chi connectivity index (χ0) is 17.6. The van der Waals surface area contributed by atoms with Gasteiger partial charge in [0.1, 0.15) is 5.82 Å². The molecule has 1 saturated heterocycles. The molecule has 0 N–H and O–H groups in total. The van der Waals surface area contributed by atoms with E-state index in [-0.39, 0.29) is 5.82 Å². The maximum Gasteiger partial charge on any atom is 0.147 e. The highest BCUT2D eigenvalue weighted by Crippen LogP contribution is 2.36. The zero-order valence-electron chi connectivity index (χ0n) is 13.9. The van der Waals surface area contributed by atoms with Crippen molar-refractivity contribution in [1.82, 2.24) is 4.90 Å². The predicted octanol–water partition coefficient (Wildman–Crippen LogP) is 4.56. The molecule has 0 spiro atoms. The van der Waals surface area contributed by atoms with Crippen LogP contribution in [0, 0.1) is 5.82 Å². The predicted molar refractivity (Wildman–Crippen MR) is 102 cm³/mol. The summed E-state index contributed by atoms with van der Waals surface area (Å²) in [5, 5.41) is 1.01. The highest BCUT2D eigenvalue weighted by Gasteiger charge is 2.21. The largest absolute Gasteiger partial charge is 0.367 e. The molecule has 2 aromatic rings. The third-order valence-electron chi connectivity index (χ3n) is 4.86. The number of hydrogen-bond acceptors (Lipinski definition) is 3. The molecule has 0 unspecified atom stereocenters. The molecule has 0 amide bonds. The molecule has 2 aliphatic rings. The minimum Gasteiger partial charge on any atom is -0.367 e. The van der Waals surface area contributed by atoms with Gasteiger partial charge in [0.05, 0.1) is 27.1 Å². The van der Waals surface area contributed by atoms with Crippen LogP contribution in [0.4, 0.5) is 15.8 Å². The number of anilines is 1. The number of benzene rings is 2. The summed E-state index contributed by atoms with van der Waals surface area (Å²) < 4.78 is 14.7. The topological polar surface area (TPSA) is 18.8 Å². The number of piperazine rings is 1. The Morgan fingerprint density at radius 1 is 1.00 bits per heavy atom. The summed E-state index contributed by atoms with van der Waals surface area (Å²) in [6, 6.07) is 9.00. The second kappa shape index (κ2) is 6.60. The molecule has 2 aliphatic heterocycles.